The molecule has 0 radical (unpaired) electrons. The van der Waals surface area contributed by atoms with E-state index in [1.807, 2.05) is 91.1 Å². The Balaban J connectivity index is 1.84. The summed E-state index contributed by atoms with van der Waals surface area (Å²) < 4.78 is 0. The van der Waals surface area contributed by atoms with Crippen molar-refractivity contribution < 1.29 is 4.79 Å². The Morgan fingerprint density at radius 3 is 2.08 bits per heavy atom. The molecule has 1 heterocycles. The second-order valence-electron chi connectivity index (χ2n) is 5.90. The summed E-state index contributed by atoms with van der Waals surface area (Å²) in [6, 6.07) is 25.4. The van der Waals surface area contributed by atoms with Gasteiger partial charge in [-0.25, -0.2) is 0 Å². The molecule has 0 fully saturated rings. The van der Waals surface area contributed by atoms with Crippen LogP contribution in [-0.4, -0.2) is 5.91 Å². The van der Waals surface area contributed by atoms with Crippen LogP contribution in [-0.2, 0) is 6.54 Å². The van der Waals surface area contributed by atoms with Gasteiger partial charge in [-0.1, -0.05) is 48.5 Å². The van der Waals surface area contributed by atoms with Gasteiger partial charge in [0.05, 0.1) is 0 Å². The van der Waals surface area contributed by atoms with Gasteiger partial charge in [0.2, 0.25) is 0 Å². The zero-order valence-corrected chi connectivity index (χ0v) is 13.7. The number of anilines is 2. The van der Waals surface area contributed by atoms with E-state index in [1.165, 1.54) is 0 Å². The molecule has 1 N–H and O–H groups in total. The summed E-state index contributed by atoms with van der Waals surface area (Å²) in [6.07, 6.45) is 3.92. The number of rotatable bonds is 3. The Hall–Kier alpha value is -3.33. The fraction of sp³-hybridized carbons (Fsp3) is 0.0455. The largest absolute Gasteiger partial charge is 0.387 e. The summed E-state index contributed by atoms with van der Waals surface area (Å²) in [5, 5.41) is 3.20. The zero-order valence-electron chi connectivity index (χ0n) is 13.7. The third kappa shape index (κ3) is 2.92. The van der Waals surface area contributed by atoms with E-state index in [4.69, 9.17) is 0 Å². The van der Waals surface area contributed by atoms with Gasteiger partial charge in [0.15, 0.2) is 0 Å². The van der Waals surface area contributed by atoms with E-state index in [-0.39, 0.29) is 5.91 Å². The fourth-order valence-electron chi connectivity index (χ4n) is 3.13. The molecule has 3 heteroatoms. The van der Waals surface area contributed by atoms with E-state index < -0.39 is 0 Å². The van der Waals surface area contributed by atoms with Crippen molar-refractivity contribution in [2.45, 2.75) is 6.54 Å². The highest BCUT2D eigenvalue weighted by molar-refractivity contribution is 6.12. The lowest BCUT2D eigenvalue weighted by molar-refractivity contribution is 0.0998. The summed E-state index contributed by atoms with van der Waals surface area (Å²) in [5.41, 5.74) is 4.56. The van der Waals surface area contributed by atoms with Gasteiger partial charge in [0.25, 0.3) is 5.91 Å². The highest BCUT2D eigenvalue weighted by atomic mass is 16.2. The average Bonchev–Trinajstić information content (AvgIpc) is 2.69. The molecule has 1 aliphatic heterocycles. The predicted molar refractivity (Wildman–Crippen MR) is 102 cm³/mol. The van der Waals surface area contributed by atoms with Crippen LogP contribution in [0.25, 0.3) is 6.08 Å². The normalized spacial score (nSPS) is 12.2. The average molecular weight is 326 g/mol. The summed E-state index contributed by atoms with van der Waals surface area (Å²) in [6.45, 7) is 0.658. The van der Waals surface area contributed by atoms with E-state index in [1.54, 1.807) is 4.90 Å². The van der Waals surface area contributed by atoms with Crippen LogP contribution < -0.4 is 10.2 Å². The monoisotopic (exact) mass is 326 g/mol. The maximum atomic E-state index is 13.5. The Bertz CT molecular complexity index is 878. The van der Waals surface area contributed by atoms with E-state index in [2.05, 4.69) is 5.32 Å². The lowest BCUT2D eigenvalue weighted by Crippen LogP contribution is -2.28. The number of hydrogen-bond donors (Lipinski definition) is 1. The maximum Gasteiger partial charge on any atom is 0.263 e. The van der Waals surface area contributed by atoms with E-state index >= 15 is 0 Å². The van der Waals surface area contributed by atoms with Gasteiger partial charge in [-0.05, 0) is 53.7 Å². The third-order valence-electron chi connectivity index (χ3n) is 4.33. The van der Waals surface area contributed by atoms with Crippen molar-refractivity contribution in [2.24, 2.45) is 0 Å². The highest BCUT2D eigenvalue weighted by Gasteiger charge is 2.23. The third-order valence-corrected chi connectivity index (χ3v) is 4.33. The van der Waals surface area contributed by atoms with Gasteiger partial charge >= 0.3 is 0 Å². The van der Waals surface area contributed by atoms with Gasteiger partial charge in [0.1, 0.15) is 0 Å². The van der Waals surface area contributed by atoms with Crippen molar-refractivity contribution in [1.82, 2.24) is 5.32 Å². The van der Waals surface area contributed by atoms with Crippen LogP contribution >= 0.6 is 0 Å². The summed E-state index contributed by atoms with van der Waals surface area (Å²) in [4.78, 5) is 15.3. The number of nitrogens with one attached hydrogen (secondary N) is 1. The van der Waals surface area contributed by atoms with Gasteiger partial charge in [-0.15, -0.1) is 0 Å². The van der Waals surface area contributed by atoms with Crippen LogP contribution in [0, 0.1) is 0 Å². The van der Waals surface area contributed by atoms with Crippen molar-refractivity contribution in [1.29, 1.82) is 0 Å². The van der Waals surface area contributed by atoms with Crippen LogP contribution in [0.3, 0.4) is 0 Å². The first-order chi connectivity index (χ1) is 12.3. The first kappa shape index (κ1) is 15.2. The molecule has 0 atom stereocenters. The molecular weight excluding hydrogens is 308 g/mol. The summed E-state index contributed by atoms with van der Waals surface area (Å²) in [7, 11) is 0. The van der Waals surface area contributed by atoms with E-state index in [0.29, 0.717) is 6.54 Å². The minimum absolute atomic E-state index is 0.0219. The SMILES string of the molecule is O=C(c1cccc2c1CNC=C2)N(c1ccccc1)c1ccccc1. The lowest BCUT2D eigenvalue weighted by Gasteiger charge is -2.25. The van der Waals surface area contributed by atoms with Crippen molar-refractivity contribution in [3.63, 3.8) is 0 Å². The molecule has 0 bridgehead atoms. The van der Waals surface area contributed by atoms with Crippen molar-refractivity contribution in [3.8, 4) is 0 Å². The quantitative estimate of drug-likeness (QED) is 0.754. The molecule has 0 saturated heterocycles. The van der Waals surface area contributed by atoms with Crippen molar-refractivity contribution in [3.05, 3.63) is 102 Å². The van der Waals surface area contributed by atoms with Crippen LogP contribution in [0.15, 0.2) is 85.1 Å². The molecule has 3 nitrogen and oxygen atoms in total. The molecule has 0 spiro atoms. The summed E-state index contributed by atoms with van der Waals surface area (Å²) >= 11 is 0. The molecule has 122 valence electrons. The number of fused-ring (bicyclic) bond motifs is 1. The number of hydrogen-bond acceptors (Lipinski definition) is 2. The molecule has 1 aliphatic rings. The molecule has 0 aliphatic carbocycles. The Labute approximate surface area is 147 Å². The second-order valence-corrected chi connectivity index (χ2v) is 5.90. The molecule has 3 aromatic carbocycles. The van der Waals surface area contributed by atoms with E-state index in [9.17, 15) is 4.79 Å². The first-order valence-electron chi connectivity index (χ1n) is 8.31. The van der Waals surface area contributed by atoms with Gasteiger partial charge < -0.3 is 5.32 Å². The van der Waals surface area contributed by atoms with Gasteiger partial charge in [-0.3, -0.25) is 9.69 Å². The van der Waals surface area contributed by atoms with Crippen LogP contribution in [0.4, 0.5) is 11.4 Å². The molecule has 0 aromatic heterocycles. The standard InChI is InChI=1S/C22H18N2O/c25-22(20-13-7-8-17-14-15-23-16-21(17)20)24(18-9-3-1-4-10-18)19-11-5-2-6-12-19/h1-15,23H,16H2. The van der Waals surface area contributed by atoms with Crippen LogP contribution in [0.5, 0.6) is 0 Å². The van der Waals surface area contributed by atoms with Crippen LogP contribution in [0.2, 0.25) is 0 Å². The molecule has 0 saturated carbocycles. The first-order valence-corrected chi connectivity index (χ1v) is 8.31. The number of carbonyl (C=O) groups is 1. The maximum absolute atomic E-state index is 13.5. The minimum atomic E-state index is -0.0219. The Morgan fingerprint density at radius 2 is 1.44 bits per heavy atom. The molecular formula is C22H18N2O. The number of nitrogens with zero attached hydrogens (tertiary/aromatic N) is 1. The number of benzene rings is 3. The zero-order chi connectivity index (χ0) is 17.1. The van der Waals surface area contributed by atoms with Crippen molar-refractivity contribution in [2.75, 3.05) is 4.90 Å². The van der Waals surface area contributed by atoms with Crippen molar-refractivity contribution >= 4 is 23.4 Å². The Morgan fingerprint density at radius 1 is 0.800 bits per heavy atom. The Kier molecular flexibility index (Phi) is 4.05. The highest BCUT2D eigenvalue weighted by Crippen LogP contribution is 2.29. The number of para-hydroxylation sites is 2. The summed E-state index contributed by atoms with van der Waals surface area (Å²) in [5.74, 6) is -0.0219. The molecule has 0 unspecified atom stereocenters. The number of amides is 1. The lowest BCUT2D eigenvalue weighted by atomic mass is 9.97. The molecule has 1 amide bonds. The van der Waals surface area contributed by atoms with Crippen LogP contribution in [0.1, 0.15) is 21.5 Å². The molecule has 25 heavy (non-hydrogen) atoms. The molecule has 4 rings (SSSR count). The molecule has 3 aromatic rings. The minimum Gasteiger partial charge on any atom is -0.387 e. The number of carbonyl (C=O) groups excluding carboxylic acids is 1. The fourth-order valence-corrected chi connectivity index (χ4v) is 3.13. The topological polar surface area (TPSA) is 32.3 Å². The van der Waals surface area contributed by atoms with Gasteiger partial charge in [0, 0.05) is 23.5 Å². The predicted octanol–water partition coefficient (Wildman–Crippen LogP) is 4.74. The second kappa shape index (κ2) is 6.65. The van der Waals surface area contributed by atoms with Gasteiger partial charge in [-0.2, -0.15) is 0 Å². The smallest absolute Gasteiger partial charge is 0.263 e. The van der Waals surface area contributed by atoms with E-state index in [0.717, 1.165) is 28.1 Å².